The van der Waals surface area contributed by atoms with E-state index >= 15 is 0 Å². The fourth-order valence-corrected chi connectivity index (χ4v) is 5.10. The van der Waals surface area contributed by atoms with Crippen LogP contribution in [0.2, 0.25) is 5.02 Å². The predicted molar refractivity (Wildman–Crippen MR) is 124 cm³/mol. The van der Waals surface area contributed by atoms with Crippen molar-refractivity contribution >= 4 is 22.7 Å². The number of allylic oxidation sites excluding steroid dienone is 2. The van der Waals surface area contributed by atoms with Crippen molar-refractivity contribution in [2.75, 3.05) is 14.2 Å². The third-order valence-corrected chi connectivity index (χ3v) is 6.96. The molecule has 4 rings (SSSR count). The minimum Gasteiger partial charge on any atom is -0.497 e. The van der Waals surface area contributed by atoms with Gasteiger partial charge in [-0.3, -0.25) is 4.90 Å². The van der Waals surface area contributed by atoms with Gasteiger partial charge >= 0.3 is 0 Å². The van der Waals surface area contributed by atoms with Gasteiger partial charge in [0.1, 0.15) is 5.75 Å². The van der Waals surface area contributed by atoms with E-state index in [2.05, 4.69) is 56.1 Å². The van der Waals surface area contributed by atoms with Crippen LogP contribution in [-0.2, 0) is 0 Å². The smallest absolute Gasteiger partial charge is 0.118 e. The summed E-state index contributed by atoms with van der Waals surface area (Å²) < 4.78 is 5.29. The van der Waals surface area contributed by atoms with Crippen LogP contribution in [0.15, 0.2) is 54.1 Å². The zero-order valence-electron chi connectivity index (χ0n) is 17.8. The van der Waals surface area contributed by atoms with Crippen molar-refractivity contribution in [1.29, 1.82) is 0 Å². The maximum atomic E-state index is 6.40. The lowest BCUT2D eigenvalue weighted by Gasteiger charge is -2.36. The normalized spacial score (nSPS) is 22.3. The number of hydrogen-bond acceptors (Lipinski definition) is 2. The fraction of sp³-hybridized carbons (Fsp3) is 0.385. The number of halogens is 1. The summed E-state index contributed by atoms with van der Waals surface area (Å²) in [5.74, 6) is 0.898. The molecule has 2 atom stereocenters. The van der Waals surface area contributed by atoms with E-state index < -0.39 is 0 Å². The van der Waals surface area contributed by atoms with E-state index in [4.69, 9.17) is 16.3 Å². The van der Waals surface area contributed by atoms with Crippen LogP contribution in [0, 0.1) is 6.92 Å². The van der Waals surface area contributed by atoms with Crippen LogP contribution in [0.1, 0.15) is 49.3 Å². The molecule has 2 aliphatic heterocycles. The number of aryl methyl sites for hydroxylation is 1. The molecule has 2 heterocycles. The van der Waals surface area contributed by atoms with E-state index in [0.29, 0.717) is 12.1 Å². The van der Waals surface area contributed by atoms with Gasteiger partial charge < -0.3 is 4.74 Å². The zero-order valence-corrected chi connectivity index (χ0v) is 18.6. The topological polar surface area (TPSA) is 12.5 Å². The van der Waals surface area contributed by atoms with Gasteiger partial charge in [-0.15, -0.1) is 0 Å². The third kappa shape index (κ3) is 4.01. The highest BCUT2D eigenvalue weighted by molar-refractivity contribution is 6.30. The molecule has 152 valence electrons. The second-order valence-electron chi connectivity index (χ2n) is 8.41. The number of rotatable bonds is 5. The summed E-state index contributed by atoms with van der Waals surface area (Å²) in [5, 5.41) is 0.824. The minimum atomic E-state index is 0.510. The third-order valence-electron chi connectivity index (χ3n) is 6.73. The Labute approximate surface area is 179 Å². The first-order valence-corrected chi connectivity index (χ1v) is 10.9. The van der Waals surface area contributed by atoms with Gasteiger partial charge in [-0.05, 0) is 98.7 Å². The van der Waals surface area contributed by atoms with E-state index in [-0.39, 0.29) is 0 Å². The van der Waals surface area contributed by atoms with Gasteiger partial charge in [0.05, 0.1) is 7.11 Å². The predicted octanol–water partition coefficient (Wildman–Crippen LogP) is 6.77. The summed E-state index contributed by atoms with van der Waals surface area (Å²) in [5.41, 5.74) is 8.31. The van der Waals surface area contributed by atoms with Crippen molar-refractivity contribution in [2.45, 2.75) is 51.6 Å². The van der Waals surface area contributed by atoms with Crippen LogP contribution in [0.3, 0.4) is 0 Å². The molecule has 0 radical (unpaired) electrons. The first-order valence-electron chi connectivity index (χ1n) is 10.5. The van der Waals surface area contributed by atoms with Crippen LogP contribution in [0.25, 0.3) is 11.1 Å². The van der Waals surface area contributed by atoms with Crippen molar-refractivity contribution in [3.63, 3.8) is 0 Å². The number of likely N-dealkylation sites (N-methyl/N-ethyl adjacent to an activating group) is 1. The average molecular weight is 408 g/mol. The first-order chi connectivity index (χ1) is 14.0. The van der Waals surface area contributed by atoms with Gasteiger partial charge in [0, 0.05) is 17.1 Å². The van der Waals surface area contributed by atoms with Crippen molar-refractivity contribution in [2.24, 2.45) is 0 Å². The van der Waals surface area contributed by atoms with Crippen LogP contribution < -0.4 is 4.74 Å². The summed E-state index contributed by atoms with van der Waals surface area (Å²) in [7, 11) is 4.00. The summed E-state index contributed by atoms with van der Waals surface area (Å²) in [6.07, 6.45) is 7.07. The molecular weight excluding hydrogens is 378 g/mol. The van der Waals surface area contributed by atoms with E-state index in [0.717, 1.165) is 23.6 Å². The highest BCUT2D eigenvalue weighted by Crippen LogP contribution is 2.45. The molecule has 0 N–H and O–H groups in total. The molecule has 0 aromatic heterocycles. The second kappa shape index (κ2) is 8.38. The van der Waals surface area contributed by atoms with Gasteiger partial charge in [0.15, 0.2) is 0 Å². The molecule has 0 aliphatic carbocycles. The fourth-order valence-electron chi connectivity index (χ4n) is 4.93. The van der Waals surface area contributed by atoms with Gasteiger partial charge in [0.25, 0.3) is 0 Å². The van der Waals surface area contributed by atoms with E-state index in [1.54, 1.807) is 12.7 Å². The Kier molecular flexibility index (Phi) is 5.85. The molecule has 1 fully saturated rings. The van der Waals surface area contributed by atoms with Crippen molar-refractivity contribution in [3.05, 3.63) is 75.8 Å². The highest BCUT2D eigenvalue weighted by atomic mass is 35.5. The molecule has 2 aromatic carbocycles. The Hall–Kier alpha value is -2.03. The summed E-state index contributed by atoms with van der Waals surface area (Å²) in [6.45, 7) is 4.41. The number of ether oxygens (including phenoxy) is 1. The SMILES string of the molecule is COc1ccc(/C(C)=C/CC2=C(c3cc(Cl)ccc3C)C3CCC(C2)N3C)cc1. The molecule has 2 aromatic rings. The van der Waals surface area contributed by atoms with Gasteiger partial charge in [0.2, 0.25) is 0 Å². The van der Waals surface area contributed by atoms with Gasteiger partial charge in [-0.2, -0.15) is 0 Å². The molecule has 2 bridgehead atoms. The Morgan fingerprint density at radius 1 is 1.17 bits per heavy atom. The van der Waals surface area contributed by atoms with Crippen molar-refractivity contribution < 1.29 is 4.74 Å². The van der Waals surface area contributed by atoms with E-state index in [9.17, 15) is 0 Å². The largest absolute Gasteiger partial charge is 0.497 e. The van der Waals surface area contributed by atoms with E-state index in [1.807, 2.05) is 18.2 Å². The van der Waals surface area contributed by atoms with Crippen LogP contribution in [0.4, 0.5) is 0 Å². The maximum absolute atomic E-state index is 6.40. The Bertz CT molecular complexity index is 957. The Morgan fingerprint density at radius 3 is 2.66 bits per heavy atom. The standard InChI is InChI=1S/C26H30ClNO/c1-17(19-8-12-23(29-4)13-9-19)5-7-20-15-22-11-14-25(28(22)3)26(20)24-16-21(27)10-6-18(24)2/h5-6,8-10,12-13,16,22,25H,7,11,14-15H2,1-4H3/b17-5+. The average Bonchev–Trinajstić information content (AvgIpc) is 2.97. The molecule has 2 unspecified atom stereocenters. The lowest BCUT2D eigenvalue weighted by Crippen LogP contribution is -2.37. The van der Waals surface area contributed by atoms with Crippen LogP contribution in [0.5, 0.6) is 5.75 Å². The summed E-state index contributed by atoms with van der Waals surface area (Å²) in [4.78, 5) is 2.58. The maximum Gasteiger partial charge on any atom is 0.118 e. The lowest BCUT2D eigenvalue weighted by molar-refractivity contribution is 0.261. The Balaban J connectivity index is 1.70. The highest BCUT2D eigenvalue weighted by Gasteiger charge is 2.39. The molecule has 0 amide bonds. The molecule has 2 nitrogen and oxygen atoms in total. The van der Waals surface area contributed by atoms with Crippen molar-refractivity contribution in [3.8, 4) is 5.75 Å². The van der Waals surface area contributed by atoms with Gasteiger partial charge in [-0.1, -0.05) is 41.4 Å². The number of benzene rings is 2. The summed E-state index contributed by atoms with van der Waals surface area (Å²) in [6, 6.07) is 15.8. The van der Waals surface area contributed by atoms with E-state index in [1.165, 1.54) is 40.7 Å². The monoisotopic (exact) mass is 407 g/mol. The number of nitrogens with zero attached hydrogens (tertiary/aromatic N) is 1. The molecule has 29 heavy (non-hydrogen) atoms. The molecular formula is C26H30ClNO. The van der Waals surface area contributed by atoms with Crippen molar-refractivity contribution in [1.82, 2.24) is 4.90 Å². The van der Waals surface area contributed by atoms with Crippen LogP contribution >= 0.6 is 11.6 Å². The quantitative estimate of drug-likeness (QED) is 0.542. The number of methoxy groups -OCH3 is 1. The molecule has 3 heteroatoms. The summed E-state index contributed by atoms with van der Waals surface area (Å²) >= 11 is 6.40. The number of fused-ring (bicyclic) bond motifs is 2. The first kappa shape index (κ1) is 20.3. The second-order valence-corrected chi connectivity index (χ2v) is 8.85. The zero-order chi connectivity index (χ0) is 20.5. The van der Waals surface area contributed by atoms with Crippen LogP contribution in [-0.4, -0.2) is 31.1 Å². The minimum absolute atomic E-state index is 0.510. The molecule has 0 spiro atoms. The Morgan fingerprint density at radius 2 is 1.93 bits per heavy atom. The number of hydrogen-bond donors (Lipinski definition) is 0. The van der Waals surface area contributed by atoms with Gasteiger partial charge in [-0.25, -0.2) is 0 Å². The molecule has 2 aliphatic rings. The lowest BCUT2D eigenvalue weighted by atomic mass is 9.84. The molecule has 0 saturated carbocycles. The molecule has 1 saturated heterocycles.